The molecule has 1 unspecified atom stereocenters. The summed E-state index contributed by atoms with van der Waals surface area (Å²) in [6.07, 6.45) is 2.28. The van der Waals surface area contributed by atoms with E-state index in [-0.39, 0.29) is 6.79 Å². The van der Waals surface area contributed by atoms with E-state index in [1.807, 2.05) is 18.2 Å². The first-order chi connectivity index (χ1) is 8.16. The van der Waals surface area contributed by atoms with Crippen LogP contribution in [0.15, 0.2) is 18.2 Å². The number of carbonyl (C=O) groups is 1. The molecule has 4 nitrogen and oxygen atoms in total. The standard InChI is InChI=1S/C12H13BrO4/c13-9(12(14)15)3-1-2-8-4-5-10-11(6-8)17-7-16-10/h4-6,9H,1-3,7H2,(H,14,15). The zero-order chi connectivity index (χ0) is 12.3. The van der Waals surface area contributed by atoms with Gasteiger partial charge in [-0.05, 0) is 37.0 Å². The van der Waals surface area contributed by atoms with E-state index >= 15 is 0 Å². The largest absolute Gasteiger partial charge is 0.480 e. The van der Waals surface area contributed by atoms with E-state index in [0.29, 0.717) is 6.42 Å². The zero-order valence-electron chi connectivity index (χ0n) is 9.19. The summed E-state index contributed by atoms with van der Waals surface area (Å²) >= 11 is 3.12. The number of alkyl halides is 1. The number of carboxylic acids is 1. The third-order valence-electron chi connectivity index (χ3n) is 2.63. The molecule has 92 valence electrons. The molecule has 17 heavy (non-hydrogen) atoms. The quantitative estimate of drug-likeness (QED) is 0.849. The SMILES string of the molecule is O=C(O)C(Br)CCCc1ccc2c(c1)OCO2. The Balaban J connectivity index is 1.85. The minimum atomic E-state index is -0.810. The van der Waals surface area contributed by atoms with Gasteiger partial charge in [-0.1, -0.05) is 22.0 Å². The molecule has 0 radical (unpaired) electrons. The Morgan fingerprint density at radius 2 is 2.18 bits per heavy atom. The molecular formula is C12H13BrO4. The molecule has 1 heterocycles. The monoisotopic (exact) mass is 300 g/mol. The highest BCUT2D eigenvalue weighted by atomic mass is 79.9. The number of benzene rings is 1. The van der Waals surface area contributed by atoms with Crippen molar-refractivity contribution in [2.24, 2.45) is 0 Å². The van der Waals surface area contributed by atoms with Crippen molar-refractivity contribution in [1.82, 2.24) is 0 Å². The van der Waals surface area contributed by atoms with Crippen molar-refractivity contribution < 1.29 is 19.4 Å². The summed E-state index contributed by atoms with van der Waals surface area (Å²) < 4.78 is 10.5. The Morgan fingerprint density at radius 1 is 1.41 bits per heavy atom. The van der Waals surface area contributed by atoms with E-state index in [9.17, 15) is 4.79 Å². The summed E-state index contributed by atoms with van der Waals surface area (Å²) in [6, 6.07) is 5.82. The van der Waals surface area contributed by atoms with Crippen molar-refractivity contribution in [3.63, 3.8) is 0 Å². The van der Waals surface area contributed by atoms with E-state index in [4.69, 9.17) is 14.6 Å². The minimum Gasteiger partial charge on any atom is -0.480 e. The highest BCUT2D eigenvalue weighted by molar-refractivity contribution is 9.10. The molecule has 0 saturated carbocycles. The Morgan fingerprint density at radius 3 is 2.94 bits per heavy atom. The molecule has 1 aromatic carbocycles. The molecule has 0 bridgehead atoms. The van der Waals surface area contributed by atoms with Crippen LogP contribution in [0, 0.1) is 0 Å². The fraction of sp³-hybridized carbons (Fsp3) is 0.417. The molecule has 1 atom stereocenters. The first kappa shape index (κ1) is 12.2. The number of halogens is 1. The van der Waals surface area contributed by atoms with Gasteiger partial charge in [0, 0.05) is 0 Å². The van der Waals surface area contributed by atoms with Crippen LogP contribution < -0.4 is 9.47 Å². The number of aryl methyl sites for hydroxylation is 1. The number of fused-ring (bicyclic) bond motifs is 1. The summed E-state index contributed by atoms with van der Waals surface area (Å²) in [7, 11) is 0. The summed E-state index contributed by atoms with van der Waals surface area (Å²) in [5.41, 5.74) is 1.14. The van der Waals surface area contributed by atoms with Crippen LogP contribution in [0.1, 0.15) is 18.4 Å². The normalized spacial score (nSPS) is 14.6. The lowest BCUT2D eigenvalue weighted by Gasteiger charge is -2.05. The van der Waals surface area contributed by atoms with E-state index in [0.717, 1.165) is 29.9 Å². The van der Waals surface area contributed by atoms with E-state index in [2.05, 4.69) is 15.9 Å². The van der Waals surface area contributed by atoms with Crippen LogP contribution in [0.2, 0.25) is 0 Å². The van der Waals surface area contributed by atoms with Crippen molar-refractivity contribution in [2.75, 3.05) is 6.79 Å². The van der Waals surface area contributed by atoms with Crippen molar-refractivity contribution in [3.8, 4) is 11.5 Å². The van der Waals surface area contributed by atoms with Gasteiger partial charge in [-0.15, -0.1) is 0 Å². The average Bonchev–Trinajstić information content (AvgIpc) is 2.75. The third kappa shape index (κ3) is 3.12. The second kappa shape index (κ2) is 5.40. The Labute approximate surface area is 108 Å². The maximum absolute atomic E-state index is 10.6. The van der Waals surface area contributed by atoms with E-state index < -0.39 is 10.8 Å². The number of carboxylic acid groups (broad SMARTS) is 1. The highest BCUT2D eigenvalue weighted by Crippen LogP contribution is 2.32. The topological polar surface area (TPSA) is 55.8 Å². The van der Waals surface area contributed by atoms with Crippen LogP contribution in [-0.4, -0.2) is 22.7 Å². The molecule has 0 amide bonds. The van der Waals surface area contributed by atoms with Crippen LogP contribution in [0.5, 0.6) is 11.5 Å². The lowest BCUT2D eigenvalue weighted by molar-refractivity contribution is -0.136. The van der Waals surface area contributed by atoms with Gasteiger partial charge in [0.1, 0.15) is 4.83 Å². The molecule has 0 fully saturated rings. The molecule has 0 aliphatic carbocycles. The number of ether oxygens (including phenoxy) is 2. The maximum atomic E-state index is 10.6. The average molecular weight is 301 g/mol. The molecule has 1 N–H and O–H groups in total. The van der Waals surface area contributed by atoms with Gasteiger partial charge in [0.15, 0.2) is 11.5 Å². The van der Waals surface area contributed by atoms with E-state index in [1.165, 1.54) is 0 Å². The fourth-order valence-electron chi connectivity index (χ4n) is 1.71. The van der Waals surface area contributed by atoms with Gasteiger partial charge >= 0.3 is 5.97 Å². The first-order valence-corrected chi connectivity index (χ1v) is 6.34. The third-order valence-corrected chi connectivity index (χ3v) is 3.48. The van der Waals surface area contributed by atoms with Crippen LogP contribution in [-0.2, 0) is 11.2 Å². The smallest absolute Gasteiger partial charge is 0.317 e. The minimum absolute atomic E-state index is 0.279. The van der Waals surface area contributed by atoms with Crippen LogP contribution in [0.4, 0.5) is 0 Å². The zero-order valence-corrected chi connectivity index (χ0v) is 10.8. The second-order valence-electron chi connectivity index (χ2n) is 3.89. The fourth-order valence-corrected chi connectivity index (χ4v) is 2.03. The van der Waals surface area contributed by atoms with Gasteiger partial charge in [-0.3, -0.25) is 4.79 Å². The van der Waals surface area contributed by atoms with Gasteiger partial charge < -0.3 is 14.6 Å². The van der Waals surface area contributed by atoms with Crippen molar-refractivity contribution in [2.45, 2.75) is 24.1 Å². The van der Waals surface area contributed by atoms with Crippen LogP contribution in [0.3, 0.4) is 0 Å². The lowest BCUT2D eigenvalue weighted by Crippen LogP contribution is -2.12. The van der Waals surface area contributed by atoms with Gasteiger partial charge in [0.2, 0.25) is 6.79 Å². The predicted octanol–water partition coefficient (Wildman–Crippen LogP) is 2.59. The number of hydrogen-bond acceptors (Lipinski definition) is 3. The molecular weight excluding hydrogens is 288 g/mol. The van der Waals surface area contributed by atoms with Gasteiger partial charge in [-0.25, -0.2) is 0 Å². The summed E-state index contributed by atoms with van der Waals surface area (Å²) in [6.45, 7) is 0.279. The van der Waals surface area contributed by atoms with Crippen molar-refractivity contribution in [1.29, 1.82) is 0 Å². The molecule has 0 saturated heterocycles. The Bertz CT molecular complexity index is 419. The molecule has 1 aliphatic rings. The van der Waals surface area contributed by atoms with Gasteiger partial charge in [0.05, 0.1) is 0 Å². The van der Waals surface area contributed by atoms with Crippen LogP contribution >= 0.6 is 15.9 Å². The first-order valence-electron chi connectivity index (χ1n) is 5.42. The molecule has 0 spiro atoms. The van der Waals surface area contributed by atoms with Crippen LogP contribution in [0.25, 0.3) is 0 Å². The number of rotatable bonds is 5. The molecule has 2 rings (SSSR count). The molecule has 5 heteroatoms. The van der Waals surface area contributed by atoms with Gasteiger partial charge in [0.25, 0.3) is 0 Å². The highest BCUT2D eigenvalue weighted by Gasteiger charge is 2.14. The van der Waals surface area contributed by atoms with Crippen molar-refractivity contribution in [3.05, 3.63) is 23.8 Å². The summed E-state index contributed by atoms with van der Waals surface area (Å²) in [4.78, 5) is 10.2. The van der Waals surface area contributed by atoms with Gasteiger partial charge in [-0.2, -0.15) is 0 Å². The Kier molecular flexibility index (Phi) is 3.89. The van der Waals surface area contributed by atoms with Crippen molar-refractivity contribution >= 4 is 21.9 Å². The summed E-state index contributed by atoms with van der Waals surface area (Å²) in [5, 5.41) is 8.72. The summed E-state index contributed by atoms with van der Waals surface area (Å²) in [5.74, 6) is 0.740. The second-order valence-corrected chi connectivity index (χ2v) is 4.99. The lowest BCUT2D eigenvalue weighted by atomic mass is 10.1. The molecule has 1 aromatic rings. The predicted molar refractivity (Wildman–Crippen MR) is 65.9 cm³/mol. The number of hydrogen-bond donors (Lipinski definition) is 1. The molecule has 1 aliphatic heterocycles. The molecule has 0 aromatic heterocycles. The Hall–Kier alpha value is -1.23. The number of aliphatic carboxylic acids is 1. The maximum Gasteiger partial charge on any atom is 0.317 e. The van der Waals surface area contributed by atoms with E-state index in [1.54, 1.807) is 0 Å².